The highest BCUT2D eigenvalue weighted by Crippen LogP contribution is 2.52. The lowest BCUT2D eigenvalue weighted by Crippen LogP contribution is -2.07. The number of hydrogen-bond acceptors (Lipinski definition) is 4. The first-order chi connectivity index (χ1) is 27.0. The highest BCUT2D eigenvalue weighted by atomic mass is 31.2. The third-order valence-corrected chi connectivity index (χ3v) is 13.3. The van der Waals surface area contributed by atoms with Gasteiger partial charge in [0.25, 0.3) is 0 Å². The van der Waals surface area contributed by atoms with Gasteiger partial charge in [-0.1, -0.05) is 176 Å². The van der Waals surface area contributed by atoms with E-state index in [2.05, 4.69) is 121 Å². The Morgan fingerprint density at radius 3 is 1.51 bits per heavy atom. The number of aromatic nitrogens is 3. The van der Waals surface area contributed by atoms with E-state index in [1.807, 2.05) is 73.4 Å². The second kappa shape index (κ2) is 13.3. The van der Waals surface area contributed by atoms with E-state index in [0.29, 0.717) is 17.5 Å². The molecule has 0 amide bonds. The lowest BCUT2D eigenvalue weighted by Gasteiger charge is -2.15. The molecule has 260 valence electrons. The first-order valence-corrected chi connectivity index (χ1v) is 20.6. The number of benzene rings is 8. The minimum Gasteiger partial charge on any atom is -0.314 e. The van der Waals surface area contributed by atoms with Crippen LogP contribution in [-0.4, -0.2) is 21.6 Å². The standard InChI is InChI=1S/C50H34N3OP/c1-55(54)45-21-11-10-19-43(45)47-42(20-12-22-46(47)55)40-31-39-17-8-9-18-41(39)44(32-40)35-25-29-38(30-26-35)50-52-48(36-15-6-3-7-16-36)51-49(53-50)37-27-23-34(24-28-37)33-13-4-2-5-14-33/h2-32H,1H3. The fourth-order valence-electron chi connectivity index (χ4n) is 7.90. The molecular weight excluding hydrogens is 690 g/mol. The third-order valence-electron chi connectivity index (χ3n) is 10.7. The summed E-state index contributed by atoms with van der Waals surface area (Å²) in [5, 5.41) is 4.19. The van der Waals surface area contributed by atoms with E-state index in [1.54, 1.807) is 0 Å². The van der Waals surface area contributed by atoms with E-state index in [0.717, 1.165) is 71.6 Å². The average molecular weight is 724 g/mol. The van der Waals surface area contributed by atoms with Crippen LogP contribution in [0.15, 0.2) is 188 Å². The molecule has 0 aliphatic carbocycles. The quantitative estimate of drug-likeness (QED) is 0.160. The molecule has 0 N–H and O–H groups in total. The van der Waals surface area contributed by atoms with Crippen molar-refractivity contribution in [2.45, 2.75) is 0 Å². The van der Waals surface area contributed by atoms with Gasteiger partial charge in [-0.15, -0.1) is 0 Å². The molecule has 4 nitrogen and oxygen atoms in total. The number of fused-ring (bicyclic) bond motifs is 4. The fraction of sp³-hybridized carbons (Fsp3) is 0.0200. The van der Waals surface area contributed by atoms with Crippen molar-refractivity contribution in [1.82, 2.24) is 15.0 Å². The van der Waals surface area contributed by atoms with Crippen LogP contribution in [0.5, 0.6) is 0 Å². The van der Waals surface area contributed by atoms with E-state index in [9.17, 15) is 4.57 Å². The summed E-state index contributed by atoms with van der Waals surface area (Å²) in [6.45, 7) is 1.90. The maximum absolute atomic E-state index is 14.1. The van der Waals surface area contributed by atoms with Crippen molar-refractivity contribution in [2.75, 3.05) is 6.66 Å². The van der Waals surface area contributed by atoms with Gasteiger partial charge in [-0.2, -0.15) is 0 Å². The molecule has 5 heteroatoms. The van der Waals surface area contributed by atoms with Crippen LogP contribution in [0.3, 0.4) is 0 Å². The smallest absolute Gasteiger partial charge is 0.164 e. The molecule has 1 aliphatic heterocycles. The Hall–Kier alpha value is -6.74. The molecule has 8 aromatic carbocycles. The molecule has 10 rings (SSSR count). The Balaban J connectivity index is 1.07. The second-order valence-electron chi connectivity index (χ2n) is 14.1. The molecule has 1 aromatic heterocycles. The fourth-order valence-corrected chi connectivity index (χ4v) is 10.2. The van der Waals surface area contributed by atoms with Gasteiger partial charge in [-0.05, 0) is 68.5 Å². The topological polar surface area (TPSA) is 55.7 Å². The zero-order chi connectivity index (χ0) is 36.9. The van der Waals surface area contributed by atoms with E-state index in [4.69, 9.17) is 15.0 Å². The van der Waals surface area contributed by atoms with Gasteiger partial charge in [0.1, 0.15) is 7.14 Å². The first kappa shape index (κ1) is 32.9. The SMILES string of the molecule is CP1(=O)c2ccccc2-c2c(-c3cc(-c4ccc(-c5nc(-c6ccccc6)nc(-c6ccc(-c7ccccc7)cc6)n5)cc4)c4ccccc4c3)cccc21. The second-order valence-corrected chi connectivity index (χ2v) is 16.9. The summed E-state index contributed by atoms with van der Waals surface area (Å²) in [4.78, 5) is 15.0. The van der Waals surface area contributed by atoms with Crippen molar-refractivity contribution in [3.05, 3.63) is 188 Å². The number of rotatable bonds is 6. The predicted octanol–water partition coefficient (Wildman–Crippen LogP) is 12.0. The van der Waals surface area contributed by atoms with Crippen LogP contribution >= 0.6 is 7.14 Å². The Bertz CT molecular complexity index is 2940. The van der Waals surface area contributed by atoms with E-state index >= 15 is 0 Å². The summed E-state index contributed by atoms with van der Waals surface area (Å²) in [7, 11) is -2.70. The molecule has 0 fully saturated rings. The third kappa shape index (κ3) is 5.79. The van der Waals surface area contributed by atoms with Crippen LogP contribution in [-0.2, 0) is 4.57 Å². The molecule has 1 atom stereocenters. The summed E-state index contributed by atoms with van der Waals surface area (Å²) < 4.78 is 14.1. The van der Waals surface area contributed by atoms with Gasteiger partial charge in [-0.25, -0.2) is 15.0 Å². The highest BCUT2D eigenvalue weighted by molar-refractivity contribution is 7.79. The summed E-state index contributed by atoms with van der Waals surface area (Å²) >= 11 is 0. The van der Waals surface area contributed by atoms with Gasteiger partial charge in [0, 0.05) is 32.9 Å². The minimum atomic E-state index is -2.70. The van der Waals surface area contributed by atoms with Crippen molar-refractivity contribution in [3.8, 4) is 78.7 Å². The van der Waals surface area contributed by atoms with Crippen molar-refractivity contribution >= 4 is 28.5 Å². The van der Waals surface area contributed by atoms with E-state index in [1.165, 1.54) is 10.9 Å². The molecule has 2 heterocycles. The first-order valence-electron chi connectivity index (χ1n) is 18.4. The molecule has 0 radical (unpaired) electrons. The molecule has 0 spiro atoms. The maximum atomic E-state index is 14.1. The Morgan fingerprint density at radius 2 is 0.836 bits per heavy atom. The number of hydrogen-bond donors (Lipinski definition) is 0. The molecule has 0 bridgehead atoms. The highest BCUT2D eigenvalue weighted by Gasteiger charge is 2.36. The van der Waals surface area contributed by atoms with Crippen LogP contribution in [0, 0.1) is 0 Å². The van der Waals surface area contributed by atoms with Crippen LogP contribution in [0.25, 0.3) is 89.4 Å². The summed E-state index contributed by atoms with van der Waals surface area (Å²) in [6, 6.07) is 64.8. The average Bonchev–Trinajstić information content (AvgIpc) is 3.50. The van der Waals surface area contributed by atoms with Gasteiger partial charge in [0.05, 0.1) is 0 Å². The van der Waals surface area contributed by atoms with Gasteiger partial charge in [-0.3, -0.25) is 0 Å². The Morgan fingerprint density at radius 1 is 0.364 bits per heavy atom. The predicted molar refractivity (Wildman–Crippen MR) is 228 cm³/mol. The molecular formula is C50H34N3OP. The van der Waals surface area contributed by atoms with Gasteiger partial charge < -0.3 is 4.57 Å². The van der Waals surface area contributed by atoms with E-state index in [-0.39, 0.29) is 0 Å². The normalized spacial score (nSPS) is 14.4. The van der Waals surface area contributed by atoms with Crippen LogP contribution in [0.4, 0.5) is 0 Å². The largest absolute Gasteiger partial charge is 0.314 e. The Kier molecular flexibility index (Phi) is 7.94. The van der Waals surface area contributed by atoms with Crippen molar-refractivity contribution in [3.63, 3.8) is 0 Å². The van der Waals surface area contributed by atoms with Crippen LogP contribution in [0.2, 0.25) is 0 Å². The number of nitrogens with zero attached hydrogens (tertiary/aromatic N) is 3. The lowest BCUT2D eigenvalue weighted by molar-refractivity contribution is 0.591. The van der Waals surface area contributed by atoms with Crippen molar-refractivity contribution < 1.29 is 4.57 Å². The summed E-state index contributed by atoms with van der Waals surface area (Å²) in [6.07, 6.45) is 0. The van der Waals surface area contributed by atoms with Crippen molar-refractivity contribution in [2.24, 2.45) is 0 Å². The van der Waals surface area contributed by atoms with Gasteiger partial charge in [0.15, 0.2) is 17.5 Å². The maximum Gasteiger partial charge on any atom is 0.164 e. The van der Waals surface area contributed by atoms with Crippen LogP contribution < -0.4 is 10.6 Å². The van der Waals surface area contributed by atoms with E-state index < -0.39 is 7.14 Å². The molecule has 1 unspecified atom stereocenters. The monoisotopic (exact) mass is 723 g/mol. The zero-order valence-corrected chi connectivity index (χ0v) is 31.0. The van der Waals surface area contributed by atoms with Gasteiger partial charge in [0.2, 0.25) is 0 Å². The van der Waals surface area contributed by atoms with Gasteiger partial charge >= 0.3 is 0 Å². The molecule has 9 aromatic rings. The van der Waals surface area contributed by atoms with Crippen molar-refractivity contribution in [1.29, 1.82) is 0 Å². The molecule has 55 heavy (non-hydrogen) atoms. The summed E-state index contributed by atoms with van der Waals surface area (Å²) in [5.74, 6) is 1.87. The lowest BCUT2D eigenvalue weighted by atomic mass is 9.89. The summed E-state index contributed by atoms with van der Waals surface area (Å²) in [5.41, 5.74) is 11.6. The molecule has 0 saturated carbocycles. The zero-order valence-electron chi connectivity index (χ0n) is 30.1. The minimum absolute atomic E-state index is 0.614. The van der Waals surface area contributed by atoms with Crippen LogP contribution in [0.1, 0.15) is 0 Å². The molecule has 0 saturated heterocycles. The Labute approximate surface area is 320 Å². The molecule has 1 aliphatic rings.